The average molecular weight is 329 g/mol. The highest BCUT2D eigenvalue weighted by molar-refractivity contribution is 9.10. The second-order valence-electron chi connectivity index (χ2n) is 3.92. The van der Waals surface area contributed by atoms with E-state index in [1.807, 2.05) is 0 Å². The van der Waals surface area contributed by atoms with E-state index in [-0.39, 0.29) is 15.8 Å². The van der Waals surface area contributed by atoms with Crippen LogP contribution in [0, 0.1) is 15.9 Å². The number of nitrogens with one attached hydrogen (secondary N) is 1. The Morgan fingerprint density at radius 3 is 2.89 bits per heavy atom. The third kappa shape index (κ3) is 3.08. The Labute approximate surface area is 116 Å². The number of anilines is 1. The number of hydrogen-bond donors (Lipinski definition) is 1. The van der Waals surface area contributed by atoms with Crippen molar-refractivity contribution in [1.82, 2.24) is 9.78 Å². The second-order valence-corrected chi connectivity index (χ2v) is 4.77. The van der Waals surface area contributed by atoms with Crippen molar-refractivity contribution in [2.45, 2.75) is 6.54 Å². The van der Waals surface area contributed by atoms with Crippen LogP contribution in [0.25, 0.3) is 0 Å². The number of aryl methyl sites for hydroxylation is 1. The van der Waals surface area contributed by atoms with E-state index in [1.54, 1.807) is 24.1 Å². The van der Waals surface area contributed by atoms with Gasteiger partial charge in [-0.2, -0.15) is 5.10 Å². The highest BCUT2D eigenvalue weighted by Crippen LogP contribution is 2.30. The van der Waals surface area contributed by atoms with Gasteiger partial charge in [0.25, 0.3) is 5.69 Å². The van der Waals surface area contributed by atoms with Crippen LogP contribution in [-0.2, 0) is 13.6 Å². The maximum absolute atomic E-state index is 13.3. The zero-order valence-electron chi connectivity index (χ0n) is 9.93. The van der Waals surface area contributed by atoms with Crippen LogP contribution in [0.2, 0.25) is 0 Å². The van der Waals surface area contributed by atoms with Crippen molar-refractivity contribution in [1.29, 1.82) is 0 Å². The molecule has 0 radical (unpaired) electrons. The van der Waals surface area contributed by atoms with Crippen LogP contribution in [0.15, 0.2) is 29.0 Å². The zero-order chi connectivity index (χ0) is 14.0. The van der Waals surface area contributed by atoms with Crippen molar-refractivity contribution >= 4 is 27.3 Å². The number of hydrogen-bond acceptors (Lipinski definition) is 4. The number of rotatable bonds is 4. The summed E-state index contributed by atoms with van der Waals surface area (Å²) in [5.74, 6) is -0.668. The maximum atomic E-state index is 13.3. The van der Waals surface area contributed by atoms with Crippen molar-refractivity contribution in [2.24, 2.45) is 7.05 Å². The molecule has 0 atom stereocenters. The van der Waals surface area contributed by atoms with E-state index in [4.69, 9.17) is 0 Å². The van der Waals surface area contributed by atoms with Crippen molar-refractivity contribution in [3.63, 3.8) is 0 Å². The molecule has 0 aliphatic heterocycles. The molecule has 1 heterocycles. The first-order valence-electron chi connectivity index (χ1n) is 5.32. The Bertz CT molecular complexity index is 629. The molecule has 0 saturated carbocycles. The molecule has 0 bridgehead atoms. The van der Waals surface area contributed by atoms with Crippen LogP contribution in [0.3, 0.4) is 0 Å². The van der Waals surface area contributed by atoms with Crippen molar-refractivity contribution in [2.75, 3.05) is 5.32 Å². The molecule has 19 heavy (non-hydrogen) atoms. The highest BCUT2D eigenvalue weighted by atomic mass is 79.9. The summed E-state index contributed by atoms with van der Waals surface area (Å²) in [5, 5.41) is 17.8. The van der Waals surface area contributed by atoms with Crippen LogP contribution < -0.4 is 5.32 Å². The molecule has 1 N–H and O–H groups in total. The van der Waals surface area contributed by atoms with Gasteiger partial charge in [0, 0.05) is 25.4 Å². The largest absolute Gasteiger partial charge is 0.375 e. The minimum absolute atomic E-state index is 0.173. The fourth-order valence-electron chi connectivity index (χ4n) is 1.59. The van der Waals surface area contributed by atoms with E-state index in [0.717, 1.165) is 11.6 Å². The minimum atomic E-state index is -0.668. The summed E-state index contributed by atoms with van der Waals surface area (Å²) in [5.41, 5.74) is 0.823. The predicted octanol–water partition coefficient (Wildman–Crippen LogP) is 2.84. The Morgan fingerprint density at radius 2 is 2.32 bits per heavy atom. The van der Waals surface area contributed by atoms with Gasteiger partial charge in [-0.05, 0) is 22.0 Å². The van der Waals surface area contributed by atoms with Crippen LogP contribution >= 0.6 is 15.9 Å². The van der Waals surface area contributed by atoms with Gasteiger partial charge in [-0.1, -0.05) is 0 Å². The molecule has 2 aromatic rings. The fraction of sp³-hybridized carbons (Fsp3) is 0.182. The molecule has 0 unspecified atom stereocenters. The van der Waals surface area contributed by atoms with Gasteiger partial charge in [0.05, 0.1) is 21.7 Å². The normalized spacial score (nSPS) is 10.5. The van der Waals surface area contributed by atoms with E-state index >= 15 is 0 Å². The summed E-state index contributed by atoms with van der Waals surface area (Å²) in [7, 11) is 1.78. The minimum Gasteiger partial charge on any atom is -0.375 e. The second kappa shape index (κ2) is 5.35. The van der Waals surface area contributed by atoms with Crippen molar-refractivity contribution < 1.29 is 9.31 Å². The zero-order valence-corrected chi connectivity index (χ0v) is 11.5. The first-order valence-corrected chi connectivity index (χ1v) is 6.11. The molecule has 2 rings (SSSR count). The van der Waals surface area contributed by atoms with Gasteiger partial charge in [0.1, 0.15) is 11.5 Å². The maximum Gasteiger partial charge on any atom is 0.295 e. The number of halogens is 2. The average Bonchev–Trinajstić information content (AvgIpc) is 2.76. The smallest absolute Gasteiger partial charge is 0.295 e. The number of benzene rings is 1. The number of nitro groups is 1. The Morgan fingerprint density at radius 1 is 1.58 bits per heavy atom. The summed E-state index contributed by atoms with van der Waals surface area (Å²) >= 11 is 3.01. The highest BCUT2D eigenvalue weighted by Gasteiger charge is 2.17. The molecule has 0 spiro atoms. The number of nitro benzene ring substituents is 1. The standard InChI is InChI=1S/C11H10BrFN4O2/c1-16-6-7(5-15-16)4-14-10-2-8(12)9(13)3-11(10)17(18)19/h2-3,5-6,14H,4H2,1H3. The molecule has 1 aromatic carbocycles. The quantitative estimate of drug-likeness (QED) is 0.691. The summed E-state index contributed by atoms with van der Waals surface area (Å²) in [6.07, 6.45) is 3.44. The van der Waals surface area contributed by atoms with Crippen LogP contribution in [-0.4, -0.2) is 14.7 Å². The molecule has 1 aromatic heterocycles. The van der Waals surface area contributed by atoms with Gasteiger partial charge in [-0.25, -0.2) is 4.39 Å². The van der Waals surface area contributed by atoms with Crippen LogP contribution in [0.1, 0.15) is 5.56 Å². The molecular formula is C11H10BrFN4O2. The topological polar surface area (TPSA) is 73.0 Å². The molecule has 0 aliphatic carbocycles. The fourth-order valence-corrected chi connectivity index (χ4v) is 1.93. The summed E-state index contributed by atoms with van der Waals surface area (Å²) in [4.78, 5) is 10.2. The summed E-state index contributed by atoms with van der Waals surface area (Å²) < 4.78 is 15.1. The lowest BCUT2D eigenvalue weighted by atomic mass is 10.2. The van der Waals surface area contributed by atoms with E-state index in [0.29, 0.717) is 6.54 Å². The molecule has 0 amide bonds. The third-order valence-corrected chi connectivity index (χ3v) is 3.08. The SMILES string of the molecule is Cn1cc(CNc2cc(Br)c(F)cc2[N+](=O)[O-])cn1. The van der Waals surface area contributed by atoms with Gasteiger partial charge in [-0.15, -0.1) is 0 Å². The van der Waals surface area contributed by atoms with Gasteiger partial charge >= 0.3 is 0 Å². The van der Waals surface area contributed by atoms with Crippen LogP contribution in [0.5, 0.6) is 0 Å². The Balaban J connectivity index is 2.23. The molecule has 0 aliphatic rings. The van der Waals surface area contributed by atoms with E-state index in [2.05, 4.69) is 26.3 Å². The first kappa shape index (κ1) is 13.5. The van der Waals surface area contributed by atoms with Gasteiger partial charge < -0.3 is 5.32 Å². The molecule has 0 saturated heterocycles. The van der Waals surface area contributed by atoms with Gasteiger partial charge in [-0.3, -0.25) is 14.8 Å². The lowest BCUT2D eigenvalue weighted by Crippen LogP contribution is -2.03. The molecule has 6 nitrogen and oxygen atoms in total. The van der Waals surface area contributed by atoms with E-state index in [9.17, 15) is 14.5 Å². The first-order chi connectivity index (χ1) is 8.97. The van der Waals surface area contributed by atoms with Crippen LogP contribution in [0.4, 0.5) is 15.8 Å². The van der Waals surface area contributed by atoms with Gasteiger partial charge in [0.2, 0.25) is 0 Å². The van der Waals surface area contributed by atoms with Crippen molar-refractivity contribution in [3.05, 3.63) is 50.5 Å². The van der Waals surface area contributed by atoms with Gasteiger partial charge in [0.15, 0.2) is 0 Å². The lowest BCUT2D eigenvalue weighted by molar-refractivity contribution is -0.384. The predicted molar refractivity (Wildman–Crippen MR) is 71.3 cm³/mol. The molecule has 0 fully saturated rings. The Kier molecular flexibility index (Phi) is 3.79. The monoisotopic (exact) mass is 328 g/mol. The molecule has 8 heteroatoms. The van der Waals surface area contributed by atoms with Crippen molar-refractivity contribution in [3.8, 4) is 0 Å². The van der Waals surface area contributed by atoms with E-state index in [1.165, 1.54) is 6.07 Å². The lowest BCUT2D eigenvalue weighted by Gasteiger charge is -2.07. The summed E-state index contributed by atoms with van der Waals surface area (Å²) in [6.45, 7) is 0.368. The molecular weight excluding hydrogens is 319 g/mol. The number of aromatic nitrogens is 2. The third-order valence-electron chi connectivity index (χ3n) is 2.48. The number of nitrogens with zero attached hydrogens (tertiary/aromatic N) is 3. The van der Waals surface area contributed by atoms with E-state index < -0.39 is 10.7 Å². The summed E-state index contributed by atoms with van der Waals surface area (Å²) in [6, 6.07) is 2.24. The Hall–Kier alpha value is -1.96. The molecule has 100 valence electrons.